The SMILES string of the molecule is O=S(=O)([O-])C(F)(F)F.O=S(=O)([O-])C(F)(F)F.[Ru+2].c1ccc(-c2cccc(-c3ccccn3)n2)nc1.c1ccc(Nc2ccccn2)nc1.c1ccc2c(c1)[nH]c1cnccc12. The Balaban J connectivity index is 0.000000210. The maximum atomic E-state index is 10.7. The molecule has 0 aliphatic rings. The van der Waals surface area contributed by atoms with Gasteiger partial charge in [-0.2, -0.15) is 26.3 Å². The number of para-hydroxylation sites is 1. The monoisotopic (exact) mass is 972 g/mol. The Labute approximate surface area is 356 Å². The number of nitrogens with one attached hydrogen (secondary N) is 2. The van der Waals surface area contributed by atoms with Gasteiger partial charge in [0.15, 0.2) is 20.2 Å². The van der Waals surface area contributed by atoms with Crippen LogP contribution in [0.3, 0.4) is 0 Å². The molecule has 0 saturated carbocycles. The van der Waals surface area contributed by atoms with E-state index in [1.807, 2.05) is 116 Å². The Morgan fingerprint density at radius 2 is 0.869 bits per heavy atom. The van der Waals surface area contributed by atoms with Gasteiger partial charge in [0.05, 0.1) is 34.5 Å². The van der Waals surface area contributed by atoms with Crippen molar-refractivity contribution in [2.45, 2.75) is 11.0 Å². The predicted molar refractivity (Wildman–Crippen MR) is 208 cm³/mol. The van der Waals surface area contributed by atoms with Crippen molar-refractivity contribution in [3.05, 3.63) is 159 Å². The Morgan fingerprint density at radius 3 is 1.28 bits per heavy atom. The van der Waals surface area contributed by atoms with Crippen LogP contribution in [0.4, 0.5) is 38.0 Å². The molecule has 8 rings (SSSR count). The van der Waals surface area contributed by atoms with E-state index in [-0.39, 0.29) is 19.5 Å². The molecule has 0 atom stereocenters. The summed E-state index contributed by atoms with van der Waals surface area (Å²) in [6.07, 6.45) is 10.7. The van der Waals surface area contributed by atoms with Gasteiger partial charge in [-0.05, 0) is 72.8 Å². The van der Waals surface area contributed by atoms with Gasteiger partial charge in [0.2, 0.25) is 0 Å². The van der Waals surface area contributed by atoms with Crippen molar-refractivity contribution in [2.24, 2.45) is 0 Å². The van der Waals surface area contributed by atoms with E-state index in [4.69, 9.17) is 25.9 Å². The number of rotatable bonds is 4. The molecule has 1 aromatic carbocycles. The topological polar surface area (TPSA) is 220 Å². The molecule has 61 heavy (non-hydrogen) atoms. The van der Waals surface area contributed by atoms with E-state index < -0.39 is 31.3 Å². The normalized spacial score (nSPS) is 11.1. The summed E-state index contributed by atoms with van der Waals surface area (Å²) >= 11 is 0. The van der Waals surface area contributed by atoms with Crippen LogP contribution in [0.2, 0.25) is 0 Å². The van der Waals surface area contributed by atoms with Gasteiger partial charge in [-0.1, -0.05) is 48.5 Å². The molecule has 7 aromatic heterocycles. The molecule has 0 radical (unpaired) electrons. The summed E-state index contributed by atoms with van der Waals surface area (Å²) in [6, 6.07) is 39.2. The zero-order valence-electron chi connectivity index (χ0n) is 30.6. The van der Waals surface area contributed by atoms with Crippen LogP contribution in [0.5, 0.6) is 0 Å². The molecule has 0 spiro atoms. The number of hydrogen-bond donors (Lipinski definition) is 2. The van der Waals surface area contributed by atoms with Crippen LogP contribution in [0.1, 0.15) is 0 Å². The third-order valence-corrected chi connectivity index (χ3v) is 8.20. The molecule has 0 aliphatic carbocycles. The van der Waals surface area contributed by atoms with E-state index in [2.05, 4.69) is 58.4 Å². The smallest absolute Gasteiger partial charge is 0.741 e. The van der Waals surface area contributed by atoms with E-state index in [0.717, 1.165) is 39.9 Å². The van der Waals surface area contributed by atoms with Crippen molar-refractivity contribution in [1.29, 1.82) is 0 Å². The summed E-state index contributed by atoms with van der Waals surface area (Å²) in [5, 5.41) is 5.59. The first kappa shape index (κ1) is 49.1. The van der Waals surface area contributed by atoms with Crippen LogP contribution in [0, 0.1) is 0 Å². The number of anilines is 2. The van der Waals surface area contributed by atoms with Crippen molar-refractivity contribution in [2.75, 3.05) is 5.32 Å². The Hall–Kier alpha value is -6.26. The fraction of sp³-hybridized carbons (Fsp3) is 0.0526. The number of H-pyrrole nitrogens is 1. The minimum atomic E-state index is -6.09. The Morgan fingerprint density at radius 1 is 0.475 bits per heavy atom. The molecule has 0 amide bonds. The van der Waals surface area contributed by atoms with Gasteiger partial charge in [0, 0.05) is 47.3 Å². The van der Waals surface area contributed by atoms with E-state index in [1.165, 1.54) is 16.3 Å². The molecular weight excluding hydrogens is 944 g/mol. The fourth-order valence-electron chi connectivity index (χ4n) is 4.45. The van der Waals surface area contributed by atoms with Crippen LogP contribution >= 0.6 is 0 Å². The number of aromatic amines is 1. The first-order chi connectivity index (χ1) is 28.3. The van der Waals surface area contributed by atoms with E-state index in [9.17, 15) is 26.3 Å². The summed E-state index contributed by atoms with van der Waals surface area (Å²) in [5.41, 5.74) is -5.56. The molecule has 7 heterocycles. The number of aromatic nitrogens is 7. The van der Waals surface area contributed by atoms with E-state index in [1.54, 1.807) is 24.8 Å². The molecule has 2 N–H and O–H groups in total. The van der Waals surface area contributed by atoms with Crippen LogP contribution < -0.4 is 5.32 Å². The van der Waals surface area contributed by atoms with Gasteiger partial charge in [0.25, 0.3) is 0 Å². The van der Waals surface area contributed by atoms with Crippen molar-refractivity contribution in [3.8, 4) is 22.8 Å². The van der Waals surface area contributed by atoms with Crippen molar-refractivity contribution < 1.29 is 71.8 Å². The molecule has 8 aromatic rings. The first-order valence-electron chi connectivity index (χ1n) is 16.6. The van der Waals surface area contributed by atoms with Gasteiger partial charge in [0.1, 0.15) is 11.6 Å². The molecule has 0 unspecified atom stereocenters. The quantitative estimate of drug-likeness (QED) is 0.0736. The number of pyridine rings is 6. The van der Waals surface area contributed by atoms with Crippen LogP contribution in [0.15, 0.2) is 159 Å². The van der Waals surface area contributed by atoms with Crippen LogP contribution in [0.25, 0.3) is 44.6 Å². The minimum absolute atomic E-state index is 0. The number of nitrogens with zero attached hydrogens (tertiary/aromatic N) is 6. The average Bonchev–Trinajstić information content (AvgIpc) is 3.61. The van der Waals surface area contributed by atoms with Crippen LogP contribution in [-0.2, 0) is 39.7 Å². The maximum absolute atomic E-state index is 10.7. The van der Waals surface area contributed by atoms with Gasteiger partial charge >= 0.3 is 30.5 Å². The third-order valence-electron chi connectivity index (χ3n) is 7.06. The largest absolute Gasteiger partial charge is 2.00 e. The van der Waals surface area contributed by atoms with E-state index >= 15 is 0 Å². The molecule has 0 saturated heterocycles. The summed E-state index contributed by atoms with van der Waals surface area (Å²) in [4.78, 5) is 28.8. The maximum Gasteiger partial charge on any atom is 2.00 e. The number of halogens is 6. The zero-order chi connectivity index (χ0) is 43.8. The Kier molecular flexibility index (Phi) is 18.0. The summed E-state index contributed by atoms with van der Waals surface area (Å²) < 4.78 is 118. The zero-order valence-corrected chi connectivity index (χ0v) is 34.0. The molecule has 0 bridgehead atoms. The summed E-state index contributed by atoms with van der Waals surface area (Å²) in [7, 11) is -12.2. The fourth-order valence-corrected chi connectivity index (χ4v) is 4.45. The van der Waals surface area contributed by atoms with Gasteiger partial charge < -0.3 is 19.4 Å². The van der Waals surface area contributed by atoms with Crippen molar-refractivity contribution >= 4 is 53.7 Å². The third kappa shape index (κ3) is 15.7. The molecule has 0 fully saturated rings. The average molecular weight is 972 g/mol. The standard InChI is InChI=1S/C15H11N3.C11H8N2.C10H9N3.2CHF3O3S.Ru/c1-3-10-16-12(6-1)14-8-5-9-15(18-14)13-7-2-4-11-17-13;1-2-4-10-8(3-1)9-5-6-12-7-11(9)13-10;1-3-7-11-9(5-1)13-10-6-2-4-8-12-10;2*2-1(3,4)8(5,6)7;/h1-11H;1-7,13H;1-8H,(H,11,12,13);2*(H,5,6,7);/q;;;;;+2/p-2. The second kappa shape index (κ2) is 22.4. The molecule has 318 valence electrons. The summed E-state index contributed by atoms with van der Waals surface area (Å²) in [6.45, 7) is 0. The number of fused-ring (bicyclic) bond motifs is 3. The number of alkyl halides is 6. The number of benzene rings is 1. The van der Waals surface area contributed by atoms with Gasteiger partial charge in [-0.3, -0.25) is 15.0 Å². The second-order valence-electron chi connectivity index (χ2n) is 11.3. The molecule has 23 heteroatoms. The van der Waals surface area contributed by atoms with Gasteiger partial charge in [-0.25, -0.2) is 31.8 Å². The molecule has 0 aliphatic heterocycles. The Bertz CT molecular complexity index is 2600. The molecular formula is C38H28F6N8O6RuS2. The second-order valence-corrected chi connectivity index (χ2v) is 14.0. The van der Waals surface area contributed by atoms with Gasteiger partial charge in [-0.15, -0.1) is 0 Å². The van der Waals surface area contributed by atoms with Crippen LogP contribution in [-0.4, -0.2) is 71.8 Å². The minimum Gasteiger partial charge on any atom is -0.741 e. The number of hydrogen-bond acceptors (Lipinski definition) is 13. The molecule has 14 nitrogen and oxygen atoms in total. The predicted octanol–water partition coefficient (Wildman–Crippen LogP) is 8.24. The summed E-state index contributed by atoms with van der Waals surface area (Å²) in [5.74, 6) is 1.61. The first-order valence-corrected chi connectivity index (χ1v) is 19.4. The van der Waals surface area contributed by atoms with Crippen molar-refractivity contribution in [1.82, 2.24) is 34.9 Å². The van der Waals surface area contributed by atoms with E-state index in [0.29, 0.717) is 0 Å². The van der Waals surface area contributed by atoms with Crippen molar-refractivity contribution in [3.63, 3.8) is 0 Å².